The molecule has 0 spiro atoms. The molecule has 0 aliphatic carbocycles. The van der Waals surface area contributed by atoms with Gasteiger partial charge < -0.3 is 4.90 Å². The summed E-state index contributed by atoms with van der Waals surface area (Å²) in [6.45, 7) is 2.52. The zero-order chi connectivity index (χ0) is 17.9. The molecule has 134 valence electrons. The molecule has 2 rings (SSSR count). The molecule has 1 aliphatic rings. The Morgan fingerprint density at radius 1 is 1.21 bits per heavy atom. The second-order valence-corrected chi connectivity index (χ2v) is 6.37. The van der Waals surface area contributed by atoms with Gasteiger partial charge in [0.15, 0.2) is 0 Å². The molecule has 1 heterocycles. The number of hydrogen-bond donors (Lipinski definition) is 0. The predicted molar refractivity (Wildman–Crippen MR) is 84.3 cm³/mol. The fraction of sp³-hybridized carbons (Fsp3) is 0.588. The van der Waals surface area contributed by atoms with Crippen LogP contribution in [0.5, 0.6) is 0 Å². The van der Waals surface area contributed by atoms with E-state index in [-0.39, 0.29) is 31.8 Å². The van der Waals surface area contributed by atoms with E-state index in [1.165, 1.54) is 0 Å². The van der Waals surface area contributed by atoms with Gasteiger partial charge in [0.05, 0.1) is 6.10 Å². The molecular formula is C17H23F3N2O2. The first-order valence-corrected chi connectivity index (χ1v) is 7.93. The summed E-state index contributed by atoms with van der Waals surface area (Å²) in [5, 5.41) is 0. The predicted octanol–water partition coefficient (Wildman–Crippen LogP) is 3.13. The van der Waals surface area contributed by atoms with Gasteiger partial charge in [0.2, 0.25) is 5.91 Å². The van der Waals surface area contributed by atoms with Crippen LogP contribution in [-0.2, 0) is 9.53 Å². The molecule has 1 amide bonds. The van der Waals surface area contributed by atoms with Crippen molar-refractivity contribution in [3.63, 3.8) is 0 Å². The Balaban J connectivity index is 2.03. The van der Waals surface area contributed by atoms with Crippen molar-refractivity contribution < 1.29 is 22.7 Å². The van der Waals surface area contributed by atoms with Crippen LogP contribution in [0.4, 0.5) is 13.2 Å². The molecule has 1 aliphatic heterocycles. The monoisotopic (exact) mass is 344 g/mol. The van der Waals surface area contributed by atoms with E-state index >= 15 is 0 Å². The van der Waals surface area contributed by atoms with Gasteiger partial charge in [0.1, 0.15) is 6.04 Å². The molecule has 0 bridgehead atoms. The second-order valence-electron chi connectivity index (χ2n) is 6.37. The van der Waals surface area contributed by atoms with Crippen LogP contribution >= 0.6 is 0 Å². The van der Waals surface area contributed by atoms with E-state index in [1.807, 2.05) is 50.2 Å². The number of carbonyl (C=O) groups excluding carboxylic acids is 1. The minimum absolute atomic E-state index is 0.0886. The van der Waals surface area contributed by atoms with Crippen LogP contribution in [0, 0.1) is 6.92 Å². The van der Waals surface area contributed by atoms with Crippen LogP contribution in [0.25, 0.3) is 0 Å². The third kappa shape index (κ3) is 4.95. The van der Waals surface area contributed by atoms with E-state index in [0.29, 0.717) is 0 Å². The number of halogens is 3. The molecule has 1 aromatic rings. The largest absolute Gasteiger partial charge is 0.522 e. The number of rotatable bonds is 4. The number of alkyl halides is 3. The quantitative estimate of drug-likeness (QED) is 0.841. The Kier molecular flexibility index (Phi) is 5.87. The molecule has 0 saturated carbocycles. The summed E-state index contributed by atoms with van der Waals surface area (Å²) < 4.78 is 40.9. The number of likely N-dealkylation sites (N-methyl/N-ethyl adjacent to an activating group) is 1. The number of amides is 1. The molecule has 0 N–H and O–H groups in total. The smallest absolute Gasteiger partial charge is 0.341 e. The lowest BCUT2D eigenvalue weighted by Crippen LogP contribution is -2.46. The van der Waals surface area contributed by atoms with Crippen molar-refractivity contribution in [1.29, 1.82) is 0 Å². The Morgan fingerprint density at radius 3 is 2.21 bits per heavy atom. The number of hydrogen-bond acceptors (Lipinski definition) is 3. The van der Waals surface area contributed by atoms with Crippen LogP contribution in [0.15, 0.2) is 24.3 Å². The molecule has 0 radical (unpaired) electrons. The highest BCUT2D eigenvalue weighted by atomic mass is 19.4. The molecule has 24 heavy (non-hydrogen) atoms. The summed E-state index contributed by atoms with van der Waals surface area (Å²) in [4.78, 5) is 16.3. The van der Waals surface area contributed by atoms with Gasteiger partial charge in [0, 0.05) is 13.1 Å². The molecule has 7 heteroatoms. The molecule has 1 saturated heterocycles. The van der Waals surface area contributed by atoms with Gasteiger partial charge in [-0.1, -0.05) is 29.8 Å². The van der Waals surface area contributed by atoms with Crippen LogP contribution < -0.4 is 0 Å². The molecule has 0 aromatic heterocycles. The fourth-order valence-corrected chi connectivity index (χ4v) is 2.97. The van der Waals surface area contributed by atoms with Gasteiger partial charge in [-0.3, -0.25) is 14.4 Å². The van der Waals surface area contributed by atoms with Crippen LogP contribution in [0.3, 0.4) is 0 Å². The van der Waals surface area contributed by atoms with Crippen molar-refractivity contribution in [1.82, 2.24) is 9.80 Å². The zero-order valence-electron chi connectivity index (χ0n) is 14.1. The van der Waals surface area contributed by atoms with Crippen molar-refractivity contribution in [3.05, 3.63) is 35.4 Å². The maximum atomic E-state index is 12.8. The van der Waals surface area contributed by atoms with E-state index in [0.717, 1.165) is 11.1 Å². The minimum atomic E-state index is -4.62. The number of nitrogens with zero attached hydrogens (tertiary/aromatic N) is 2. The first kappa shape index (κ1) is 18.7. The summed E-state index contributed by atoms with van der Waals surface area (Å²) in [7, 11) is 3.64. The van der Waals surface area contributed by atoms with Gasteiger partial charge in [-0.25, -0.2) is 0 Å². The Morgan fingerprint density at radius 2 is 1.75 bits per heavy atom. The first-order valence-electron chi connectivity index (χ1n) is 7.93. The van der Waals surface area contributed by atoms with E-state index in [9.17, 15) is 18.0 Å². The van der Waals surface area contributed by atoms with E-state index in [2.05, 4.69) is 4.74 Å². The van der Waals surface area contributed by atoms with Crippen molar-refractivity contribution in [3.8, 4) is 0 Å². The van der Waals surface area contributed by atoms with Crippen molar-refractivity contribution in [2.24, 2.45) is 0 Å². The molecule has 1 unspecified atom stereocenters. The standard InChI is InChI=1S/C17H23F3N2O2/c1-12-4-6-13(7-5-12)15(21(2)3)16(23)22-10-8-14(9-11-22)24-17(18,19)20/h4-7,14-15H,8-11H2,1-3H3. The average molecular weight is 344 g/mol. The highest BCUT2D eigenvalue weighted by Gasteiger charge is 2.37. The minimum Gasteiger partial charge on any atom is -0.341 e. The Bertz CT molecular complexity index is 550. The van der Waals surface area contributed by atoms with Gasteiger partial charge in [-0.2, -0.15) is 0 Å². The zero-order valence-corrected chi connectivity index (χ0v) is 14.1. The van der Waals surface area contributed by atoms with Gasteiger partial charge in [-0.15, -0.1) is 13.2 Å². The number of likely N-dealkylation sites (tertiary alicyclic amines) is 1. The van der Waals surface area contributed by atoms with Gasteiger partial charge in [-0.05, 0) is 39.4 Å². The lowest BCUT2D eigenvalue weighted by molar-refractivity contribution is -0.345. The molecule has 4 nitrogen and oxygen atoms in total. The lowest BCUT2D eigenvalue weighted by atomic mass is 10.0. The topological polar surface area (TPSA) is 32.8 Å². The third-order valence-corrected chi connectivity index (χ3v) is 4.20. The highest BCUT2D eigenvalue weighted by molar-refractivity contribution is 5.83. The summed E-state index contributed by atoms with van der Waals surface area (Å²) in [6, 6.07) is 7.28. The third-order valence-electron chi connectivity index (χ3n) is 4.20. The number of piperidine rings is 1. The lowest BCUT2D eigenvalue weighted by Gasteiger charge is -2.36. The number of aryl methyl sites for hydroxylation is 1. The molecular weight excluding hydrogens is 321 g/mol. The maximum absolute atomic E-state index is 12.8. The normalized spacial score (nSPS) is 18.0. The second kappa shape index (κ2) is 7.53. The summed E-state index contributed by atoms with van der Waals surface area (Å²) in [5.41, 5.74) is 1.98. The Labute approximate surface area is 140 Å². The van der Waals surface area contributed by atoms with Crippen LogP contribution in [0.2, 0.25) is 0 Å². The molecule has 1 aromatic carbocycles. The number of ether oxygens (including phenoxy) is 1. The fourth-order valence-electron chi connectivity index (χ4n) is 2.97. The van der Waals surface area contributed by atoms with Crippen molar-refractivity contribution in [2.75, 3.05) is 27.2 Å². The highest BCUT2D eigenvalue weighted by Crippen LogP contribution is 2.27. The summed E-state index contributed by atoms with van der Waals surface area (Å²) in [5.74, 6) is -0.0886. The summed E-state index contributed by atoms with van der Waals surface area (Å²) in [6.07, 6.45) is -5.10. The summed E-state index contributed by atoms with van der Waals surface area (Å²) >= 11 is 0. The molecule has 1 fully saturated rings. The Hall–Kier alpha value is -1.60. The number of carbonyl (C=O) groups is 1. The van der Waals surface area contributed by atoms with E-state index in [1.54, 1.807) is 4.90 Å². The van der Waals surface area contributed by atoms with Crippen LogP contribution in [-0.4, -0.2) is 55.4 Å². The maximum Gasteiger partial charge on any atom is 0.522 e. The van der Waals surface area contributed by atoms with E-state index < -0.39 is 18.5 Å². The average Bonchev–Trinajstić information content (AvgIpc) is 2.48. The van der Waals surface area contributed by atoms with Crippen molar-refractivity contribution in [2.45, 2.75) is 38.3 Å². The number of benzene rings is 1. The first-order chi connectivity index (χ1) is 11.2. The van der Waals surface area contributed by atoms with E-state index in [4.69, 9.17) is 0 Å². The molecule has 1 atom stereocenters. The van der Waals surface area contributed by atoms with Gasteiger partial charge >= 0.3 is 6.36 Å². The van der Waals surface area contributed by atoms with Crippen molar-refractivity contribution >= 4 is 5.91 Å². The van der Waals surface area contributed by atoms with Crippen LogP contribution in [0.1, 0.15) is 30.0 Å². The van der Waals surface area contributed by atoms with Gasteiger partial charge in [0.25, 0.3) is 0 Å². The SMILES string of the molecule is Cc1ccc(C(C(=O)N2CCC(OC(F)(F)F)CC2)N(C)C)cc1.